The summed E-state index contributed by atoms with van der Waals surface area (Å²) in [5.74, 6) is 0. The van der Waals surface area contributed by atoms with Crippen LogP contribution in [0.25, 0.3) is 0 Å². The van der Waals surface area contributed by atoms with Crippen molar-refractivity contribution in [3.05, 3.63) is 11.1 Å². The molecule has 1 fully saturated rings. The Labute approximate surface area is 105 Å². The number of hydrogen-bond acceptors (Lipinski definition) is 2. The van der Waals surface area contributed by atoms with Gasteiger partial charge in [0.15, 0.2) is 0 Å². The lowest BCUT2D eigenvalue weighted by Gasteiger charge is -2.44. The molecule has 1 saturated heterocycles. The third-order valence-corrected chi connectivity index (χ3v) is 3.76. The van der Waals surface area contributed by atoms with Crippen LogP contribution in [0.3, 0.4) is 0 Å². The zero-order chi connectivity index (χ0) is 12.3. The van der Waals surface area contributed by atoms with Crippen LogP contribution < -0.4 is 5.32 Å². The Bertz CT molecular complexity index is 255. The highest BCUT2D eigenvalue weighted by molar-refractivity contribution is 6.25. The summed E-state index contributed by atoms with van der Waals surface area (Å²) in [5, 5.41) is 3.64. The van der Waals surface area contributed by atoms with Gasteiger partial charge >= 0.3 is 0 Å². The molecule has 0 radical (unpaired) electrons. The van der Waals surface area contributed by atoms with E-state index >= 15 is 0 Å². The summed E-state index contributed by atoms with van der Waals surface area (Å²) < 4.78 is 0. The highest BCUT2D eigenvalue weighted by atomic mass is 35.5. The minimum Gasteiger partial charge on any atom is -0.311 e. The number of hydrogen-bond donors (Lipinski definition) is 1. The summed E-state index contributed by atoms with van der Waals surface area (Å²) in [6.07, 6.45) is 0. The van der Waals surface area contributed by atoms with E-state index in [2.05, 4.69) is 44.8 Å². The molecule has 0 aliphatic carbocycles. The van der Waals surface area contributed by atoms with Gasteiger partial charge in [0.2, 0.25) is 0 Å². The maximum Gasteiger partial charge on any atom is 0.0244 e. The van der Waals surface area contributed by atoms with Crippen LogP contribution in [0.5, 0.6) is 0 Å². The van der Waals surface area contributed by atoms with E-state index < -0.39 is 0 Å². The number of rotatable bonds is 2. The summed E-state index contributed by atoms with van der Waals surface area (Å²) in [7, 11) is 0. The zero-order valence-corrected chi connectivity index (χ0v) is 11.9. The third-order valence-electron chi connectivity index (χ3n) is 3.38. The summed E-state index contributed by atoms with van der Waals surface area (Å²) >= 11 is 5.74. The van der Waals surface area contributed by atoms with Gasteiger partial charge in [-0.15, -0.1) is 0 Å². The molecule has 2 unspecified atom stereocenters. The lowest BCUT2D eigenvalue weighted by atomic mass is 9.84. The molecule has 0 amide bonds. The molecule has 0 spiro atoms. The van der Waals surface area contributed by atoms with Gasteiger partial charge in [0.25, 0.3) is 0 Å². The second-order valence-corrected chi connectivity index (χ2v) is 6.28. The SMILES string of the molecule is CC(=CCl)CN1CC(C(C)(C)C)NCC1C. The first kappa shape index (κ1) is 14.0. The van der Waals surface area contributed by atoms with Crippen LogP contribution in [-0.4, -0.2) is 36.6 Å². The normalized spacial score (nSPS) is 29.5. The van der Waals surface area contributed by atoms with Gasteiger partial charge < -0.3 is 5.32 Å². The minimum absolute atomic E-state index is 0.316. The number of nitrogens with one attached hydrogen (secondary N) is 1. The molecule has 1 heterocycles. The Hall–Kier alpha value is -0.0500. The Morgan fingerprint density at radius 1 is 1.50 bits per heavy atom. The van der Waals surface area contributed by atoms with Crippen LogP contribution >= 0.6 is 11.6 Å². The van der Waals surface area contributed by atoms with Gasteiger partial charge in [-0.2, -0.15) is 0 Å². The van der Waals surface area contributed by atoms with Crippen molar-refractivity contribution < 1.29 is 0 Å². The van der Waals surface area contributed by atoms with Crippen molar-refractivity contribution in [1.29, 1.82) is 0 Å². The quantitative estimate of drug-likeness (QED) is 0.804. The lowest BCUT2D eigenvalue weighted by molar-refractivity contribution is 0.102. The maximum absolute atomic E-state index is 5.74. The van der Waals surface area contributed by atoms with Crippen molar-refractivity contribution in [2.75, 3.05) is 19.6 Å². The number of halogens is 1. The second-order valence-electron chi connectivity index (χ2n) is 6.06. The predicted molar refractivity (Wildman–Crippen MR) is 71.9 cm³/mol. The summed E-state index contributed by atoms with van der Waals surface area (Å²) in [4.78, 5) is 2.51. The van der Waals surface area contributed by atoms with Gasteiger partial charge in [-0.05, 0) is 24.8 Å². The first-order valence-corrected chi connectivity index (χ1v) is 6.51. The van der Waals surface area contributed by atoms with E-state index in [4.69, 9.17) is 11.6 Å². The van der Waals surface area contributed by atoms with Gasteiger partial charge in [-0.25, -0.2) is 0 Å². The van der Waals surface area contributed by atoms with Crippen LogP contribution in [-0.2, 0) is 0 Å². The van der Waals surface area contributed by atoms with Crippen LogP contribution in [0, 0.1) is 5.41 Å². The van der Waals surface area contributed by atoms with Crippen LogP contribution in [0.15, 0.2) is 11.1 Å². The highest BCUT2D eigenvalue weighted by Gasteiger charge is 2.32. The molecular formula is C13H25ClN2. The average Bonchev–Trinajstić information content (AvgIpc) is 2.19. The molecule has 3 heteroatoms. The molecule has 1 aliphatic heterocycles. The monoisotopic (exact) mass is 244 g/mol. The van der Waals surface area contributed by atoms with E-state index in [0.29, 0.717) is 17.5 Å². The lowest BCUT2D eigenvalue weighted by Crippen LogP contribution is -2.59. The first-order valence-electron chi connectivity index (χ1n) is 6.08. The van der Waals surface area contributed by atoms with Crippen molar-refractivity contribution in [1.82, 2.24) is 10.2 Å². The minimum atomic E-state index is 0.316. The zero-order valence-electron chi connectivity index (χ0n) is 11.2. The Morgan fingerprint density at radius 2 is 2.12 bits per heavy atom. The van der Waals surface area contributed by atoms with Crippen molar-refractivity contribution in [3.8, 4) is 0 Å². The van der Waals surface area contributed by atoms with Gasteiger partial charge in [-0.3, -0.25) is 4.90 Å². The standard InChI is InChI=1S/C13H25ClN2/c1-10(6-14)8-16-9-12(13(3,4)5)15-7-11(16)2/h6,11-12,15H,7-9H2,1-5H3. The molecule has 2 atom stereocenters. The fourth-order valence-corrected chi connectivity index (χ4v) is 2.15. The fraction of sp³-hybridized carbons (Fsp3) is 0.846. The topological polar surface area (TPSA) is 15.3 Å². The molecule has 16 heavy (non-hydrogen) atoms. The van der Waals surface area contributed by atoms with E-state index in [9.17, 15) is 0 Å². The van der Waals surface area contributed by atoms with Crippen molar-refractivity contribution >= 4 is 11.6 Å². The molecular weight excluding hydrogens is 220 g/mol. The summed E-state index contributed by atoms with van der Waals surface area (Å²) in [6, 6.07) is 1.15. The maximum atomic E-state index is 5.74. The Balaban J connectivity index is 2.62. The van der Waals surface area contributed by atoms with Gasteiger partial charge in [-0.1, -0.05) is 32.4 Å². The Morgan fingerprint density at radius 3 is 2.62 bits per heavy atom. The van der Waals surface area contributed by atoms with E-state index in [-0.39, 0.29) is 0 Å². The molecule has 0 saturated carbocycles. The largest absolute Gasteiger partial charge is 0.311 e. The van der Waals surface area contributed by atoms with Crippen LogP contribution in [0.1, 0.15) is 34.6 Å². The highest BCUT2D eigenvalue weighted by Crippen LogP contribution is 2.23. The number of nitrogens with zero attached hydrogens (tertiary/aromatic N) is 1. The van der Waals surface area contributed by atoms with Gasteiger partial charge in [0, 0.05) is 37.3 Å². The van der Waals surface area contributed by atoms with Gasteiger partial charge in [0.05, 0.1) is 0 Å². The van der Waals surface area contributed by atoms with Crippen LogP contribution in [0.2, 0.25) is 0 Å². The van der Waals surface area contributed by atoms with Crippen molar-refractivity contribution in [3.63, 3.8) is 0 Å². The van der Waals surface area contributed by atoms with E-state index in [1.54, 1.807) is 5.54 Å². The van der Waals surface area contributed by atoms with Gasteiger partial charge in [0.1, 0.15) is 0 Å². The molecule has 0 aromatic rings. The average molecular weight is 245 g/mol. The van der Waals surface area contributed by atoms with E-state index in [1.165, 1.54) is 5.57 Å². The number of piperazine rings is 1. The molecule has 1 N–H and O–H groups in total. The molecule has 94 valence electrons. The Kier molecular flexibility index (Phi) is 4.84. The molecule has 1 rings (SSSR count). The predicted octanol–water partition coefficient (Wildman–Crippen LogP) is 2.84. The molecule has 0 bridgehead atoms. The fourth-order valence-electron chi connectivity index (χ4n) is 2.08. The smallest absolute Gasteiger partial charge is 0.0244 e. The first-order chi connectivity index (χ1) is 7.34. The molecule has 0 aromatic carbocycles. The van der Waals surface area contributed by atoms with Crippen LogP contribution in [0.4, 0.5) is 0 Å². The van der Waals surface area contributed by atoms with E-state index in [1.807, 2.05) is 0 Å². The van der Waals surface area contributed by atoms with Crippen molar-refractivity contribution in [2.24, 2.45) is 5.41 Å². The second kappa shape index (κ2) is 5.52. The molecule has 1 aliphatic rings. The van der Waals surface area contributed by atoms with Crippen molar-refractivity contribution in [2.45, 2.75) is 46.7 Å². The molecule has 2 nitrogen and oxygen atoms in total. The summed E-state index contributed by atoms with van der Waals surface area (Å²) in [5.41, 5.74) is 3.25. The van der Waals surface area contributed by atoms with E-state index in [0.717, 1.165) is 19.6 Å². The summed E-state index contributed by atoms with van der Waals surface area (Å²) in [6.45, 7) is 14.4. The molecule has 0 aromatic heterocycles. The third kappa shape index (κ3) is 3.76.